The summed E-state index contributed by atoms with van der Waals surface area (Å²) in [5, 5.41) is -1.26. The second-order valence-electron chi connectivity index (χ2n) is 6.22. The van der Waals surface area contributed by atoms with E-state index in [4.69, 9.17) is 9.47 Å². The summed E-state index contributed by atoms with van der Waals surface area (Å²) in [6.45, 7) is 0.176. The normalized spacial score (nSPS) is 25.4. The van der Waals surface area contributed by atoms with Crippen LogP contribution in [-0.2, 0) is 24.1 Å². The van der Waals surface area contributed by atoms with Gasteiger partial charge < -0.3 is 14.4 Å². The van der Waals surface area contributed by atoms with Crippen molar-refractivity contribution in [1.29, 1.82) is 0 Å². The highest BCUT2D eigenvalue weighted by Gasteiger charge is 2.63. The summed E-state index contributed by atoms with van der Waals surface area (Å²) in [7, 11) is -1.30. The molecular weight excluding hydrogens is 386 g/mol. The molecule has 0 spiro atoms. The number of thiol groups is 1. The lowest BCUT2D eigenvalue weighted by molar-refractivity contribution is -0.143. The Bertz CT molecular complexity index is 904. The molecule has 2 aromatic carbocycles. The van der Waals surface area contributed by atoms with Gasteiger partial charge >= 0.3 is 5.97 Å². The Kier molecular flexibility index (Phi) is 5.50. The summed E-state index contributed by atoms with van der Waals surface area (Å²) in [4.78, 5) is 12.8. The van der Waals surface area contributed by atoms with E-state index >= 15 is 0 Å². The highest BCUT2D eigenvalue weighted by Crippen LogP contribution is 2.44. The van der Waals surface area contributed by atoms with Gasteiger partial charge in [0.1, 0.15) is 5.25 Å². The number of para-hydroxylation sites is 1. The number of nitrogens with zero attached hydrogens (tertiary/aromatic N) is 1. The maximum atomic E-state index is 13.5. The molecule has 0 bridgehead atoms. The van der Waals surface area contributed by atoms with E-state index in [1.54, 1.807) is 35.2 Å². The van der Waals surface area contributed by atoms with Gasteiger partial charge in [0.05, 0.1) is 18.1 Å². The average Bonchev–Trinajstić information content (AvgIpc) is 3.03. The van der Waals surface area contributed by atoms with E-state index in [0.717, 1.165) is 0 Å². The summed E-state index contributed by atoms with van der Waals surface area (Å²) < 4.78 is 37.4. The van der Waals surface area contributed by atoms with Crippen molar-refractivity contribution in [1.82, 2.24) is 0 Å². The minimum atomic E-state index is -3.95. The van der Waals surface area contributed by atoms with Crippen LogP contribution in [0, 0.1) is 0 Å². The molecule has 1 unspecified atom stereocenters. The number of hydrogen-bond donors (Lipinski definition) is 1. The Morgan fingerprint density at radius 2 is 1.63 bits per heavy atom. The lowest BCUT2D eigenvalue weighted by atomic mass is 10.1. The molecule has 3 rings (SSSR count). The van der Waals surface area contributed by atoms with Crippen molar-refractivity contribution in [2.75, 3.05) is 25.7 Å². The van der Waals surface area contributed by atoms with E-state index in [-0.39, 0.29) is 11.4 Å². The molecule has 0 aliphatic carbocycles. The summed E-state index contributed by atoms with van der Waals surface area (Å²) in [6, 6.07) is 17.0. The average molecular weight is 408 g/mol. The summed E-state index contributed by atoms with van der Waals surface area (Å²) >= 11 is 4.61. The monoisotopic (exact) mass is 407 g/mol. The van der Waals surface area contributed by atoms with Gasteiger partial charge in [-0.2, -0.15) is 0 Å². The summed E-state index contributed by atoms with van der Waals surface area (Å²) in [5.74, 6) is -0.751. The zero-order chi connectivity index (χ0) is 19.7. The van der Waals surface area contributed by atoms with Crippen LogP contribution in [-0.4, -0.2) is 51.4 Å². The van der Waals surface area contributed by atoms with E-state index in [0.29, 0.717) is 5.69 Å². The summed E-state index contributed by atoms with van der Waals surface area (Å²) in [6.07, 6.45) is -0.771. The first kappa shape index (κ1) is 19.7. The Labute approximate surface area is 164 Å². The van der Waals surface area contributed by atoms with Gasteiger partial charge in [-0.3, -0.25) is 0 Å². The zero-order valence-electron chi connectivity index (χ0n) is 15.0. The minimum absolute atomic E-state index is 0.106. The van der Waals surface area contributed by atoms with Crippen molar-refractivity contribution in [3.8, 4) is 0 Å². The number of carbonyl (C=O) groups excluding carboxylic acids is 1. The lowest BCUT2D eigenvalue weighted by Crippen LogP contribution is -2.56. The zero-order valence-corrected chi connectivity index (χ0v) is 16.7. The number of ether oxygens (including phenoxy) is 2. The highest BCUT2D eigenvalue weighted by molar-refractivity contribution is 7.94. The number of methoxy groups -OCH3 is 2. The van der Waals surface area contributed by atoms with Gasteiger partial charge in [-0.25, -0.2) is 13.2 Å². The van der Waals surface area contributed by atoms with Crippen LogP contribution in [0.3, 0.4) is 0 Å². The van der Waals surface area contributed by atoms with Crippen LogP contribution in [0.1, 0.15) is 0 Å². The van der Waals surface area contributed by atoms with Crippen LogP contribution in [0.4, 0.5) is 5.69 Å². The van der Waals surface area contributed by atoms with E-state index in [1.165, 1.54) is 26.4 Å². The molecule has 1 fully saturated rings. The van der Waals surface area contributed by atoms with E-state index in [1.807, 2.05) is 18.2 Å². The number of benzene rings is 2. The molecule has 1 aliphatic heterocycles. The first-order valence-electron chi connectivity index (χ1n) is 8.32. The first-order chi connectivity index (χ1) is 12.9. The molecule has 0 amide bonds. The van der Waals surface area contributed by atoms with Crippen molar-refractivity contribution < 1.29 is 22.7 Å². The van der Waals surface area contributed by atoms with Crippen LogP contribution in [0.2, 0.25) is 0 Å². The smallest absolute Gasteiger partial charge is 0.343 e. The summed E-state index contributed by atoms with van der Waals surface area (Å²) in [5.41, 5.74) is 0.658. The maximum absolute atomic E-state index is 13.5. The largest absolute Gasteiger partial charge is 0.467 e. The van der Waals surface area contributed by atoms with Gasteiger partial charge in [-0.05, 0) is 24.3 Å². The minimum Gasteiger partial charge on any atom is -0.467 e. The van der Waals surface area contributed by atoms with Gasteiger partial charge in [0, 0.05) is 19.3 Å². The number of carbonyl (C=O) groups is 1. The van der Waals surface area contributed by atoms with Crippen LogP contribution in [0.5, 0.6) is 0 Å². The van der Waals surface area contributed by atoms with Crippen LogP contribution >= 0.6 is 12.6 Å². The van der Waals surface area contributed by atoms with Crippen molar-refractivity contribution in [3.63, 3.8) is 0 Å². The molecule has 3 atom stereocenters. The maximum Gasteiger partial charge on any atom is 0.343 e. The molecule has 1 heterocycles. The Morgan fingerprint density at radius 3 is 2.15 bits per heavy atom. The van der Waals surface area contributed by atoms with Crippen LogP contribution in [0.15, 0.2) is 65.6 Å². The molecule has 1 aliphatic rings. The fourth-order valence-corrected chi connectivity index (χ4v) is 6.44. The second-order valence-corrected chi connectivity index (χ2v) is 8.97. The van der Waals surface area contributed by atoms with Crippen LogP contribution < -0.4 is 4.90 Å². The molecule has 0 N–H and O–H groups in total. The van der Waals surface area contributed by atoms with E-state index in [9.17, 15) is 13.2 Å². The molecule has 27 heavy (non-hydrogen) atoms. The molecule has 0 radical (unpaired) electrons. The van der Waals surface area contributed by atoms with Gasteiger partial charge in [-0.1, -0.05) is 36.4 Å². The third-order valence-electron chi connectivity index (χ3n) is 4.77. The Morgan fingerprint density at radius 1 is 1.07 bits per heavy atom. The van der Waals surface area contributed by atoms with Crippen molar-refractivity contribution in [2.45, 2.75) is 21.1 Å². The van der Waals surface area contributed by atoms with E-state index in [2.05, 4.69) is 12.6 Å². The molecule has 8 heteroatoms. The predicted octanol–water partition coefficient (Wildman–Crippen LogP) is 2.16. The third-order valence-corrected chi connectivity index (χ3v) is 7.89. The highest BCUT2D eigenvalue weighted by atomic mass is 32.2. The molecule has 1 saturated heterocycles. The van der Waals surface area contributed by atoms with Gasteiger partial charge in [0.2, 0.25) is 4.87 Å². The number of esters is 1. The van der Waals surface area contributed by atoms with Gasteiger partial charge in [0.25, 0.3) is 0 Å². The molecular formula is C19H21NO5S2. The van der Waals surface area contributed by atoms with E-state index < -0.39 is 32.0 Å². The van der Waals surface area contributed by atoms with Gasteiger partial charge in [-0.15, -0.1) is 12.6 Å². The fourth-order valence-electron chi connectivity index (χ4n) is 3.49. The number of rotatable bonds is 5. The van der Waals surface area contributed by atoms with Crippen molar-refractivity contribution in [2.24, 2.45) is 0 Å². The van der Waals surface area contributed by atoms with Crippen LogP contribution in [0.25, 0.3) is 0 Å². The molecule has 2 aromatic rings. The number of anilines is 1. The number of sulfone groups is 1. The standard InChI is InChI=1S/C19H21NO5S2/c1-24-16-13-20(14-9-5-3-6-10-14)19(26,18(21)25-2)17(16)27(22,23)15-11-7-4-8-12-15/h3-12,16-17,26H,13H2,1-2H3/t16-,17?,19-/m0/s1. The van der Waals surface area contributed by atoms with Crippen molar-refractivity contribution in [3.05, 3.63) is 60.7 Å². The quantitative estimate of drug-likeness (QED) is 0.605. The molecule has 0 aromatic heterocycles. The SMILES string of the molecule is COC(=O)[C@@]1(S)C(S(=O)(=O)c2ccccc2)[C@@H](OC)CN1c1ccccc1. The Balaban J connectivity index is 2.19. The van der Waals surface area contributed by atoms with Crippen molar-refractivity contribution >= 4 is 34.1 Å². The number of hydrogen-bond acceptors (Lipinski definition) is 7. The molecule has 6 nitrogen and oxygen atoms in total. The third kappa shape index (κ3) is 3.22. The molecule has 144 valence electrons. The molecule has 0 saturated carbocycles. The first-order valence-corrected chi connectivity index (χ1v) is 10.3. The van der Waals surface area contributed by atoms with Gasteiger partial charge in [0.15, 0.2) is 9.84 Å². The fraction of sp³-hybridized carbons (Fsp3) is 0.316. The second kappa shape index (κ2) is 7.53. The topological polar surface area (TPSA) is 72.9 Å². The Hall–Kier alpha value is -2.03. The lowest BCUT2D eigenvalue weighted by Gasteiger charge is -2.36. The predicted molar refractivity (Wildman–Crippen MR) is 106 cm³/mol.